The number of primary amides is 2. The molecule has 154 valence electrons. The molecule has 1 aliphatic rings. The summed E-state index contributed by atoms with van der Waals surface area (Å²) in [5.41, 5.74) is 15.9. The Hall–Kier alpha value is -4.39. The fraction of sp³-hybridized carbons (Fsp3) is 0.0417. The van der Waals surface area contributed by atoms with Crippen LogP contribution in [0.4, 0.5) is 10.6 Å². The van der Waals surface area contributed by atoms with Gasteiger partial charge in [0, 0.05) is 6.20 Å². The largest absolute Gasteiger partial charge is 0.365 e. The van der Waals surface area contributed by atoms with Gasteiger partial charge in [-0.3, -0.25) is 10.1 Å². The van der Waals surface area contributed by atoms with Crippen LogP contribution >= 0.6 is 0 Å². The number of amides is 3. The molecule has 3 amide bonds. The first-order valence-electron chi connectivity index (χ1n) is 9.71. The smallest absolute Gasteiger partial charge is 0.317 e. The van der Waals surface area contributed by atoms with Crippen molar-refractivity contribution in [2.75, 3.05) is 5.32 Å². The van der Waals surface area contributed by atoms with Crippen molar-refractivity contribution in [1.82, 2.24) is 9.78 Å². The van der Waals surface area contributed by atoms with Gasteiger partial charge in [-0.25, -0.2) is 9.48 Å². The molecule has 0 bridgehead atoms. The van der Waals surface area contributed by atoms with Crippen LogP contribution in [0.25, 0.3) is 22.4 Å². The van der Waals surface area contributed by atoms with Crippen molar-refractivity contribution in [2.24, 2.45) is 11.5 Å². The van der Waals surface area contributed by atoms with E-state index in [0.717, 1.165) is 17.5 Å². The molecular formula is C24H21N5O2. The molecule has 7 nitrogen and oxygen atoms in total. The monoisotopic (exact) mass is 411 g/mol. The first-order chi connectivity index (χ1) is 15.0. The highest BCUT2D eigenvalue weighted by Crippen LogP contribution is 2.27. The summed E-state index contributed by atoms with van der Waals surface area (Å²) in [6.45, 7) is 0. The zero-order chi connectivity index (χ0) is 21.8. The predicted molar refractivity (Wildman–Crippen MR) is 122 cm³/mol. The lowest BCUT2D eigenvalue weighted by Gasteiger charge is -2.09. The van der Waals surface area contributed by atoms with Gasteiger partial charge in [0.05, 0.1) is 5.69 Å². The Morgan fingerprint density at radius 1 is 0.935 bits per heavy atom. The number of anilines is 1. The molecule has 2 aromatic carbocycles. The van der Waals surface area contributed by atoms with Gasteiger partial charge in [0.1, 0.15) is 5.56 Å². The van der Waals surface area contributed by atoms with Gasteiger partial charge >= 0.3 is 6.03 Å². The average Bonchev–Trinajstić information content (AvgIpc) is 2.99. The van der Waals surface area contributed by atoms with Crippen molar-refractivity contribution in [3.8, 4) is 16.8 Å². The highest BCUT2D eigenvalue weighted by molar-refractivity contribution is 6.01. The zero-order valence-corrected chi connectivity index (χ0v) is 16.7. The second-order valence-corrected chi connectivity index (χ2v) is 7.03. The third-order valence-electron chi connectivity index (χ3n) is 4.91. The molecule has 1 aliphatic carbocycles. The first-order valence-corrected chi connectivity index (χ1v) is 9.71. The minimum absolute atomic E-state index is 0.0246. The standard InChI is InChI=1S/C24H21N5O2/c25-22(30)21-15-29(28-23(21)27-24(26)31)20-12-10-17(11-13-20)19-9-5-8-18(14-19)16-6-3-1-2-4-7-16/h1-6,8-15H,7H2,(H2,25,30)(H3,26,27,28,31). The highest BCUT2D eigenvalue weighted by Gasteiger charge is 2.16. The van der Waals surface area contributed by atoms with Gasteiger partial charge in [-0.2, -0.15) is 0 Å². The highest BCUT2D eigenvalue weighted by atomic mass is 16.2. The van der Waals surface area contributed by atoms with Crippen molar-refractivity contribution in [3.63, 3.8) is 0 Å². The number of aromatic nitrogens is 2. The summed E-state index contributed by atoms with van der Waals surface area (Å²) in [7, 11) is 0. The van der Waals surface area contributed by atoms with Crippen LogP contribution < -0.4 is 16.8 Å². The summed E-state index contributed by atoms with van der Waals surface area (Å²) in [4.78, 5) is 22.8. The van der Waals surface area contributed by atoms with Crippen LogP contribution in [0, 0.1) is 0 Å². The van der Waals surface area contributed by atoms with Crippen molar-refractivity contribution < 1.29 is 9.59 Å². The minimum atomic E-state index is -0.822. The van der Waals surface area contributed by atoms with Crippen molar-refractivity contribution in [2.45, 2.75) is 6.42 Å². The van der Waals surface area contributed by atoms with Crippen LogP contribution in [0.5, 0.6) is 0 Å². The van der Waals surface area contributed by atoms with E-state index < -0.39 is 11.9 Å². The van der Waals surface area contributed by atoms with Gasteiger partial charge in [-0.05, 0) is 46.9 Å². The number of carbonyl (C=O) groups excluding carboxylic acids is 2. The van der Waals surface area contributed by atoms with Gasteiger partial charge in [-0.1, -0.05) is 60.7 Å². The summed E-state index contributed by atoms with van der Waals surface area (Å²) in [6.07, 6.45) is 12.7. The lowest BCUT2D eigenvalue weighted by atomic mass is 9.97. The van der Waals surface area contributed by atoms with Gasteiger partial charge in [0.15, 0.2) is 5.82 Å². The normalized spacial score (nSPS) is 12.8. The van der Waals surface area contributed by atoms with E-state index in [-0.39, 0.29) is 11.4 Å². The molecule has 4 rings (SSSR count). The average molecular weight is 411 g/mol. The molecule has 1 aromatic heterocycles. The van der Waals surface area contributed by atoms with E-state index in [9.17, 15) is 9.59 Å². The van der Waals surface area contributed by atoms with E-state index in [4.69, 9.17) is 11.5 Å². The fourth-order valence-corrected chi connectivity index (χ4v) is 3.39. The van der Waals surface area contributed by atoms with Crippen LogP contribution in [0.2, 0.25) is 0 Å². The number of benzene rings is 2. The number of urea groups is 1. The van der Waals surface area contributed by atoms with Crippen LogP contribution in [0.1, 0.15) is 22.3 Å². The molecule has 31 heavy (non-hydrogen) atoms. The van der Waals surface area contributed by atoms with Gasteiger partial charge in [0.25, 0.3) is 5.91 Å². The maximum absolute atomic E-state index is 11.6. The molecule has 1 heterocycles. The molecule has 7 heteroatoms. The lowest BCUT2D eigenvalue weighted by Crippen LogP contribution is -2.22. The summed E-state index contributed by atoms with van der Waals surface area (Å²) in [5, 5.41) is 6.53. The van der Waals surface area contributed by atoms with E-state index in [1.807, 2.05) is 42.5 Å². The Labute approximate surface area is 179 Å². The van der Waals surface area contributed by atoms with Crippen molar-refractivity contribution in [1.29, 1.82) is 0 Å². The molecular weight excluding hydrogens is 390 g/mol. The quantitative estimate of drug-likeness (QED) is 0.588. The molecule has 0 atom stereocenters. The van der Waals surface area contributed by atoms with Crippen LogP contribution in [-0.2, 0) is 0 Å². The number of hydrogen-bond acceptors (Lipinski definition) is 3. The molecule has 0 spiro atoms. The Kier molecular flexibility index (Phi) is 5.49. The fourth-order valence-electron chi connectivity index (χ4n) is 3.39. The van der Waals surface area contributed by atoms with E-state index >= 15 is 0 Å². The van der Waals surface area contributed by atoms with E-state index in [2.05, 4.69) is 46.8 Å². The van der Waals surface area contributed by atoms with Gasteiger partial charge in [0.2, 0.25) is 0 Å². The number of nitrogens with zero attached hydrogens (tertiary/aromatic N) is 2. The van der Waals surface area contributed by atoms with Crippen LogP contribution in [-0.4, -0.2) is 21.7 Å². The molecule has 0 fully saturated rings. The van der Waals surface area contributed by atoms with Crippen molar-refractivity contribution in [3.05, 3.63) is 96.2 Å². The number of nitrogens with one attached hydrogen (secondary N) is 1. The van der Waals surface area contributed by atoms with Crippen LogP contribution in [0.3, 0.4) is 0 Å². The molecule has 5 N–H and O–H groups in total. The molecule has 3 aromatic rings. The lowest BCUT2D eigenvalue weighted by molar-refractivity contribution is 0.100. The van der Waals surface area contributed by atoms with Gasteiger partial charge < -0.3 is 11.5 Å². The SMILES string of the molecule is NC(=O)Nc1nn(-c2ccc(-c3cccc(C4=CC=CC=CC4)c3)cc2)cc1C(N)=O. The maximum atomic E-state index is 11.6. The number of hydrogen-bond donors (Lipinski definition) is 3. The Bertz CT molecular complexity index is 1230. The summed E-state index contributed by atoms with van der Waals surface area (Å²) < 4.78 is 1.47. The number of nitrogens with two attached hydrogens (primary N) is 2. The summed E-state index contributed by atoms with van der Waals surface area (Å²) in [6, 6.07) is 15.3. The molecule has 0 unspecified atom stereocenters. The summed E-state index contributed by atoms with van der Waals surface area (Å²) in [5.74, 6) is -0.683. The number of carbonyl (C=O) groups is 2. The Morgan fingerprint density at radius 3 is 2.45 bits per heavy atom. The Morgan fingerprint density at radius 2 is 1.71 bits per heavy atom. The number of allylic oxidation sites excluding steroid dienone is 6. The molecule has 0 saturated heterocycles. The predicted octanol–water partition coefficient (Wildman–Crippen LogP) is 4.03. The van der Waals surface area contributed by atoms with Gasteiger partial charge in [-0.15, -0.1) is 5.10 Å². The second-order valence-electron chi connectivity index (χ2n) is 7.03. The summed E-state index contributed by atoms with van der Waals surface area (Å²) >= 11 is 0. The van der Waals surface area contributed by atoms with E-state index in [1.54, 1.807) is 0 Å². The minimum Gasteiger partial charge on any atom is -0.365 e. The Balaban J connectivity index is 1.62. The topological polar surface area (TPSA) is 116 Å². The van der Waals surface area contributed by atoms with E-state index in [0.29, 0.717) is 5.69 Å². The van der Waals surface area contributed by atoms with E-state index in [1.165, 1.54) is 22.0 Å². The number of rotatable bonds is 5. The maximum Gasteiger partial charge on any atom is 0.317 e. The molecule has 0 saturated carbocycles. The van der Waals surface area contributed by atoms with Crippen molar-refractivity contribution >= 4 is 23.3 Å². The third-order valence-corrected chi connectivity index (χ3v) is 4.91. The molecule has 0 aliphatic heterocycles. The molecule has 0 radical (unpaired) electrons. The zero-order valence-electron chi connectivity index (χ0n) is 16.7. The third kappa shape index (κ3) is 4.45. The van der Waals surface area contributed by atoms with Crippen LogP contribution in [0.15, 0.2) is 85.1 Å². The first kappa shape index (κ1) is 19.9. The second kappa shape index (κ2) is 8.54.